The maximum Gasteiger partial charge on any atom is 0.165 e. The van der Waals surface area contributed by atoms with Crippen LogP contribution < -0.4 is 14.8 Å². The predicted molar refractivity (Wildman–Crippen MR) is 70.6 cm³/mol. The zero-order valence-electron chi connectivity index (χ0n) is 11.2. The molecular weight excluding hydrogens is 228 g/mol. The summed E-state index contributed by atoms with van der Waals surface area (Å²) in [7, 11) is 1.64. The first-order valence-electron chi connectivity index (χ1n) is 6.11. The fourth-order valence-corrected chi connectivity index (χ4v) is 1.67. The molecule has 0 aliphatic rings. The standard InChI is InChI=1S/C14H20N2O2/c1-4-18-13-7-5-6-12(14(13)17-3)10-16-9-11(2)8-15/h5-7,11,16H,4,9-10H2,1-3H3. The molecule has 0 radical (unpaired) electrons. The number of hydrogen-bond acceptors (Lipinski definition) is 4. The monoisotopic (exact) mass is 248 g/mol. The number of hydrogen-bond donors (Lipinski definition) is 1. The predicted octanol–water partition coefficient (Wildman–Crippen LogP) is 2.34. The largest absolute Gasteiger partial charge is 0.493 e. The van der Waals surface area contributed by atoms with E-state index in [4.69, 9.17) is 14.7 Å². The lowest BCUT2D eigenvalue weighted by Gasteiger charge is -2.14. The number of benzene rings is 1. The molecule has 1 rings (SSSR count). The van der Waals surface area contributed by atoms with Gasteiger partial charge in [-0.2, -0.15) is 5.26 Å². The minimum absolute atomic E-state index is 0.00562. The maximum absolute atomic E-state index is 8.71. The Balaban J connectivity index is 2.70. The van der Waals surface area contributed by atoms with E-state index >= 15 is 0 Å². The fourth-order valence-electron chi connectivity index (χ4n) is 1.67. The van der Waals surface area contributed by atoms with Gasteiger partial charge in [-0.3, -0.25) is 0 Å². The molecule has 0 heterocycles. The van der Waals surface area contributed by atoms with Crippen LogP contribution in [0.5, 0.6) is 11.5 Å². The summed E-state index contributed by atoms with van der Waals surface area (Å²) in [6.07, 6.45) is 0. The highest BCUT2D eigenvalue weighted by molar-refractivity contribution is 5.46. The van der Waals surface area contributed by atoms with E-state index in [1.165, 1.54) is 0 Å². The molecule has 0 aromatic heterocycles. The van der Waals surface area contributed by atoms with Gasteiger partial charge in [-0.25, -0.2) is 0 Å². The van der Waals surface area contributed by atoms with Crippen molar-refractivity contribution < 1.29 is 9.47 Å². The van der Waals surface area contributed by atoms with Crippen LogP contribution >= 0.6 is 0 Å². The van der Waals surface area contributed by atoms with Gasteiger partial charge in [-0.15, -0.1) is 0 Å². The Labute approximate surface area is 109 Å². The maximum atomic E-state index is 8.71. The fraction of sp³-hybridized carbons (Fsp3) is 0.500. The van der Waals surface area contributed by atoms with Crippen molar-refractivity contribution >= 4 is 0 Å². The Morgan fingerprint density at radius 1 is 1.44 bits per heavy atom. The third-order valence-electron chi connectivity index (χ3n) is 2.55. The molecule has 0 saturated carbocycles. The van der Waals surface area contributed by atoms with Crippen LogP contribution in [0.3, 0.4) is 0 Å². The van der Waals surface area contributed by atoms with Crippen molar-refractivity contribution in [3.8, 4) is 17.6 Å². The molecule has 1 N–H and O–H groups in total. The van der Waals surface area contributed by atoms with E-state index in [1.807, 2.05) is 32.0 Å². The molecule has 4 heteroatoms. The molecule has 0 saturated heterocycles. The molecule has 18 heavy (non-hydrogen) atoms. The zero-order valence-corrected chi connectivity index (χ0v) is 11.2. The molecule has 0 aliphatic heterocycles. The van der Waals surface area contributed by atoms with Gasteiger partial charge >= 0.3 is 0 Å². The molecule has 1 aromatic carbocycles. The number of para-hydroxylation sites is 1. The van der Waals surface area contributed by atoms with Crippen molar-refractivity contribution in [3.05, 3.63) is 23.8 Å². The van der Waals surface area contributed by atoms with Crippen molar-refractivity contribution in [2.24, 2.45) is 5.92 Å². The lowest BCUT2D eigenvalue weighted by Crippen LogP contribution is -2.20. The molecule has 1 atom stereocenters. The zero-order chi connectivity index (χ0) is 13.4. The van der Waals surface area contributed by atoms with Crippen LogP contribution in [0.4, 0.5) is 0 Å². The average molecular weight is 248 g/mol. The minimum atomic E-state index is 0.00562. The Bertz CT molecular complexity index is 413. The molecule has 0 fully saturated rings. The Kier molecular flexibility index (Phi) is 6.03. The number of nitrogens with zero attached hydrogens (tertiary/aromatic N) is 1. The van der Waals surface area contributed by atoms with E-state index in [9.17, 15) is 0 Å². The average Bonchev–Trinajstić information content (AvgIpc) is 2.39. The van der Waals surface area contributed by atoms with Gasteiger partial charge in [0.25, 0.3) is 0 Å². The van der Waals surface area contributed by atoms with Crippen LogP contribution in [0.25, 0.3) is 0 Å². The van der Waals surface area contributed by atoms with E-state index in [0.29, 0.717) is 19.7 Å². The van der Waals surface area contributed by atoms with Crippen molar-refractivity contribution in [3.63, 3.8) is 0 Å². The first-order valence-corrected chi connectivity index (χ1v) is 6.11. The number of nitriles is 1. The van der Waals surface area contributed by atoms with Crippen molar-refractivity contribution in [1.29, 1.82) is 5.26 Å². The molecule has 0 bridgehead atoms. The number of nitrogens with one attached hydrogen (secondary N) is 1. The van der Waals surface area contributed by atoms with Crippen LogP contribution in [0.15, 0.2) is 18.2 Å². The van der Waals surface area contributed by atoms with E-state index in [1.54, 1.807) is 7.11 Å². The number of rotatable bonds is 7. The minimum Gasteiger partial charge on any atom is -0.493 e. The molecule has 1 unspecified atom stereocenters. The van der Waals surface area contributed by atoms with Gasteiger partial charge in [-0.05, 0) is 19.9 Å². The van der Waals surface area contributed by atoms with Gasteiger partial charge in [0.1, 0.15) is 0 Å². The van der Waals surface area contributed by atoms with Gasteiger partial charge in [0.05, 0.1) is 25.7 Å². The smallest absolute Gasteiger partial charge is 0.165 e. The Morgan fingerprint density at radius 3 is 2.83 bits per heavy atom. The van der Waals surface area contributed by atoms with Crippen LogP contribution in [0.1, 0.15) is 19.4 Å². The number of ether oxygens (including phenoxy) is 2. The first-order chi connectivity index (χ1) is 8.72. The Hall–Kier alpha value is -1.73. The highest BCUT2D eigenvalue weighted by Crippen LogP contribution is 2.30. The SMILES string of the molecule is CCOc1cccc(CNCC(C)C#N)c1OC. The summed E-state index contributed by atoms with van der Waals surface area (Å²) in [5.74, 6) is 1.52. The van der Waals surface area contributed by atoms with E-state index in [-0.39, 0.29) is 5.92 Å². The second kappa shape index (κ2) is 7.57. The van der Waals surface area contributed by atoms with Crippen molar-refractivity contribution in [2.45, 2.75) is 20.4 Å². The van der Waals surface area contributed by atoms with Gasteiger partial charge in [0.2, 0.25) is 0 Å². The first kappa shape index (κ1) is 14.3. The lowest BCUT2D eigenvalue weighted by molar-refractivity contribution is 0.308. The highest BCUT2D eigenvalue weighted by Gasteiger charge is 2.09. The highest BCUT2D eigenvalue weighted by atomic mass is 16.5. The van der Waals surface area contributed by atoms with Crippen LogP contribution in [0, 0.1) is 17.2 Å². The van der Waals surface area contributed by atoms with Crippen LogP contribution in [0.2, 0.25) is 0 Å². The van der Waals surface area contributed by atoms with Gasteiger partial charge in [0, 0.05) is 18.7 Å². The molecule has 0 spiro atoms. The molecule has 4 nitrogen and oxygen atoms in total. The third-order valence-corrected chi connectivity index (χ3v) is 2.55. The van der Waals surface area contributed by atoms with Crippen LogP contribution in [-0.2, 0) is 6.54 Å². The second-order valence-corrected chi connectivity index (χ2v) is 4.04. The summed E-state index contributed by atoms with van der Waals surface area (Å²) in [4.78, 5) is 0. The van der Waals surface area contributed by atoms with Crippen LogP contribution in [-0.4, -0.2) is 20.3 Å². The summed E-state index contributed by atoms with van der Waals surface area (Å²) in [6.45, 7) is 5.77. The van der Waals surface area contributed by atoms with E-state index in [2.05, 4.69) is 11.4 Å². The summed E-state index contributed by atoms with van der Waals surface area (Å²) in [5, 5.41) is 12.0. The van der Waals surface area contributed by atoms with E-state index in [0.717, 1.165) is 17.1 Å². The molecule has 0 aliphatic carbocycles. The van der Waals surface area contributed by atoms with Gasteiger partial charge in [-0.1, -0.05) is 12.1 Å². The molecule has 0 amide bonds. The molecule has 1 aromatic rings. The number of methoxy groups -OCH3 is 1. The molecule has 98 valence electrons. The summed E-state index contributed by atoms with van der Waals surface area (Å²) >= 11 is 0. The quantitative estimate of drug-likeness (QED) is 0.804. The van der Waals surface area contributed by atoms with Crippen molar-refractivity contribution in [1.82, 2.24) is 5.32 Å². The van der Waals surface area contributed by atoms with E-state index < -0.39 is 0 Å². The summed E-state index contributed by atoms with van der Waals surface area (Å²) in [6, 6.07) is 8.02. The third kappa shape index (κ3) is 3.94. The van der Waals surface area contributed by atoms with Gasteiger partial charge in [0.15, 0.2) is 11.5 Å². The normalized spacial score (nSPS) is 11.7. The lowest BCUT2D eigenvalue weighted by atomic mass is 10.1. The Morgan fingerprint density at radius 2 is 2.22 bits per heavy atom. The second-order valence-electron chi connectivity index (χ2n) is 4.04. The topological polar surface area (TPSA) is 54.3 Å². The summed E-state index contributed by atoms with van der Waals surface area (Å²) in [5.41, 5.74) is 1.04. The molecular formula is C14H20N2O2. The summed E-state index contributed by atoms with van der Waals surface area (Å²) < 4.78 is 10.9. The van der Waals surface area contributed by atoms with Gasteiger partial charge < -0.3 is 14.8 Å². The van der Waals surface area contributed by atoms with Crippen molar-refractivity contribution in [2.75, 3.05) is 20.3 Å².